The number of nitriles is 1. The van der Waals surface area contributed by atoms with Crippen molar-refractivity contribution >= 4 is 17.6 Å². The summed E-state index contributed by atoms with van der Waals surface area (Å²) in [5.74, 6) is -2.53. The largest absolute Gasteiger partial charge is 0.573 e. The monoisotopic (exact) mass is 344 g/mol. The summed E-state index contributed by atoms with van der Waals surface area (Å²) in [7, 11) is 2.09. The van der Waals surface area contributed by atoms with Crippen LogP contribution in [0.5, 0.6) is 5.75 Å². The molecule has 0 heterocycles. The molecule has 0 saturated carbocycles. The highest BCUT2D eigenvalue weighted by atomic mass is 19.4. The third-order valence-electron chi connectivity index (χ3n) is 2.48. The van der Waals surface area contributed by atoms with Crippen molar-refractivity contribution in [3.8, 4) is 11.8 Å². The Bertz CT molecular complexity index is 707. The zero-order valence-electron chi connectivity index (χ0n) is 12.4. The van der Waals surface area contributed by atoms with E-state index < -0.39 is 29.7 Å². The molecule has 0 unspecified atom stereocenters. The first-order valence-corrected chi connectivity index (χ1v) is 6.15. The van der Waals surface area contributed by atoms with E-state index in [1.807, 2.05) is 0 Å². The van der Waals surface area contributed by atoms with Crippen LogP contribution in [0.4, 0.5) is 18.9 Å². The summed E-state index contributed by atoms with van der Waals surface area (Å²) >= 11 is 0. The number of nitrogens with zero attached hydrogens (tertiary/aromatic N) is 1. The van der Waals surface area contributed by atoms with Gasteiger partial charge in [-0.3, -0.25) is 0 Å². The number of hydrogen-bond acceptors (Lipinski definition) is 7. The molecule has 0 aliphatic carbocycles. The first-order chi connectivity index (χ1) is 11.2. The minimum Gasteiger partial charge on any atom is -0.466 e. The molecule has 0 saturated heterocycles. The Hall–Kier alpha value is -3.22. The zero-order chi connectivity index (χ0) is 18.3. The highest BCUT2D eigenvalue weighted by Gasteiger charge is 2.31. The molecule has 1 rings (SSSR count). The van der Waals surface area contributed by atoms with Crippen molar-refractivity contribution in [3.05, 3.63) is 35.5 Å². The lowest BCUT2D eigenvalue weighted by Gasteiger charge is -2.13. The average molecular weight is 344 g/mol. The molecule has 0 aromatic heterocycles. The number of hydrogen-bond donors (Lipinski definition) is 1. The van der Waals surface area contributed by atoms with E-state index in [1.165, 1.54) is 0 Å². The number of methoxy groups -OCH3 is 2. The molecule has 24 heavy (non-hydrogen) atoms. The van der Waals surface area contributed by atoms with Crippen molar-refractivity contribution in [2.24, 2.45) is 0 Å². The average Bonchev–Trinajstić information content (AvgIpc) is 2.52. The maximum absolute atomic E-state index is 12.3. The van der Waals surface area contributed by atoms with Crippen molar-refractivity contribution in [2.45, 2.75) is 6.36 Å². The van der Waals surface area contributed by atoms with Crippen molar-refractivity contribution < 1.29 is 37.0 Å². The predicted molar refractivity (Wildman–Crippen MR) is 73.6 cm³/mol. The topological polar surface area (TPSA) is 97.6 Å². The van der Waals surface area contributed by atoms with Crippen molar-refractivity contribution in [1.29, 1.82) is 5.26 Å². The maximum atomic E-state index is 12.3. The number of carbonyl (C=O) groups excluding carboxylic acids is 2. The molecule has 0 aliphatic rings. The molecule has 1 aromatic carbocycles. The SMILES string of the molecule is COC(=O)/C=C(/Nc1cc(OC(F)(F)F)ccc1C#N)C(=O)OC. The first kappa shape index (κ1) is 18.8. The van der Waals surface area contributed by atoms with Crippen LogP contribution in [-0.2, 0) is 19.1 Å². The van der Waals surface area contributed by atoms with Gasteiger partial charge >= 0.3 is 18.3 Å². The Morgan fingerprint density at radius 3 is 2.42 bits per heavy atom. The van der Waals surface area contributed by atoms with E-state index in [1.54, 1.807) is 6.07 Å². The fourth-order valence-corrected chi connectivity index (χ4v) is 1.50. The van der Waals surface area contributed by atoms with Gasteiger partial charge in [0.05, 0.1) is 31.5 Å². The van der Waals surface area contributed by atoms with E-state index in [0.29, 0.717) is 0 Å². The van der Waals surface area contributed by atoms with E-state index in [2.05, 4.69) is 19.5 Å². The molecule has 0 bridgehead atoms. The van der Waals surface area contributed by atoms with E-state index in [0.717, 1.165) is 38.5 Å². The number of esters is 2. The van der Waals surface area contributed by atoms with Gasteiger partial charge < -0.3 is 19.5 Å². The third-order valence-corrected chi connectivity index (χ3v) is 2.48. The lowest BCUT2D eigenvalue weighted by atomic mass is 10.1. The summed E-state index contributed by atoms with van der Waals surface area (Å²) in [6, 6.07) is 4.55. The van der Waals surface area contributed by atoms with Crippen LogP contribution in [0.2, 0.25) is 0 Å². The van der Waals surface area contributed by atoms with Crippen molar-refractivity contribution in [1.82, 2.24) is 0 Å². The minimum atomic E-state index is -4.93. The summed E-state index contributed by atoms with van der Waals surface area (Å²) in [4.78, 5) is 22.9. The maximum Gasteiger partial charge on any atom is 0.573 e. The van der Waals surface area contributed by atoms with Gasteiger partial charge in [-0.15, -0.1) is 13.2 Å². The van der Waals surface area contributed by atoms with Gasteiger partial charge in [-0.25, -0.2) is 9.59 Å². The van der Waals surface area contributed by atoms with E-state index in [-0.39, 0.29) is 11.3 Å². The number of benzene rings is 1. The van der Waals surface area contributed by atoms with Gasteiger partial charge in [0.15, 0.2) is 0 Å². The third kappa shape index (κ3) is 5.53. The fourth-order valence-electron chi connectivity index (χ4n) is 1.50. The van der Waals surface area contributed by atoms with Crippen LogP contribution >= 0.6 is 0 Å². The van der Waals surface area contributed by atoms with Gasteiger partial charge in [0, 0.05) is 6.07 Å². The normalized spacial score (nSPS) is 11.2. The Morgan fingerprint density at radius 1 is 1.25 bits per heavy atom. The molecule has 7 nitrogen and oxygen atoms in total. The summed E-state index contributed by atoms with van der Waals surface area (Å²) < 4.78 is 49.3. The van der Waals surface area contributed by atoms with Crippen LogP contribution in [-0.4, -0.2) is 32.5 Å². The summed E-state index contributed by atoms with van der Waals surface area (Å²) in [5.41, 5.74) is -0.728. The summed E-state index contributed by atoms with van der Waals surface area (Å²) in [6.45, 7) is 0. The van der Waals surface area contributed by atoms with Crippen LogP contribution in [0.3, 0.4) is 0 Å². The standard InChI is InChI=1S/C14H11F3N2O5/c1-22-12(20)6-11(13(21)23-2)19-10-5-9(24-14(15,16)17)4-3-8(10)7-18/h3-6,19H,1-2H3/b11-6+. The number of alkyl halides is 3. The van der Waals surface area contributed by atoms with E-state index in [4.69, 9.17) is 5.26 Å². The van der Waals surface area contributed by atoms with E-state index >= 15 is 0 Å². The number of ether oxygens (including phenoxy) is 3. The molecule has 0 radical (unpaired) electrons. The minimum absolute atomic E-state index is 0.0933. The number of rotatable bonds is 5. The second-order valence-corrected chi connectivity index (χ2v) is 4.06. The lowest BCUT2D eigenvalue weighted by Crippen LogP contribution is -2.18. The molecule has 1 aromatic rings. The van der Waals surface area contributed by atoms with Crippen LogP contribution in [0.1, 0.15) is 5.56 Å². The Kier molecular flexibility index (Phi) is 6.17. The number of carbonyl (C=O) groups is 2. The summed E-state index contributed by atoms with van der Waals surface area (Å²) in [6.07, 6.45) is -4.21. The number of halogens is 3. The summed E-state index contributed by atoms with van der Waals surface area (Å²) in [5, 5.41) is 11.4. The van der Waals surface area contributed by atoms with Gasteiger partial charge in [-0.2, -0.15) is 5.26 Å². The Morgan fingerprint density at radius 2 is 1.92 bits per heavy atom. The van der Waals surface area contributed by atoms with Gasteiger partial charge in [0.2, 0.25) is 0 Å². The van der Waals surface area contributed by atoms with Gasteiger partial charge in [-0.1, -0.05) is 0 Å². The number of anilines is 1. The molecule has 0 spiro atoms. The zero-order valence-corrected chi connectivity index (χ0v) is 12.4. The van der Waals surface area contributed by atoms with Crippen LogP contribution in [0.15, 0.2) is 30.0 Å². The Labute approximate surface area is 134 Å². The lowest BCUT2D eigenvalue weighted by molar-refractivity contribution is -0.274. The van der Waals surface area contributed by atoms with Crippen LogP contribution < -0.4 is 10.1 Å². The van der Waals surface area contributed by atoms with Gasteiger partial charge in [0.1, 0.15) is 17.5 Å². The molecule has 0 amide bonds. The number of nitrogens with one attached hydrogen (secondary N) is 1. The second kappa shape index (κ2) is 7.87. The molecule has 1 N–H and O–H groups in total. The van der Waals surface area contributed by atoms with Gasteiger partial charge in [-0.05, 0) is 12.1 Å². The fraction of sp³-hybridized carbons (Fsp3) is 0.214. The molecule has 10 heteroatoms. The molecule has 0 fully saturated rings. The smallest absolute Gasteiger partial charge is 0.466 e. The highest BCUT2D eigenvalue weighted by molar-refractivity contribution is 5.99. The Balaban J connectivity index is 3.24. The van der Waals surface area contributed by atoms with Crippen molar-refractivity contribution in [2.75, 3.05) is 19.5 Å². The quantitative estimate of drug-likeness (QED) is 0.645. The van der Waals surface area contributed by atoms with Crippen LogP contribution in [0, 0.1) is 11.3 Å². The molecular formula is C14H11F3N2O5. The first-order valence-electron chi connectivity index (χ1n) is 6.15. The molecule has 0 aliphatic heterocycles. The van der Waals surface area contributed by atoms with Crippen LogP contribution in [0.25, 0.3) is 0 Å². The highest BCUT2D eigenvalue weighted by Crippen LogP contribution is 2.28. The molecular weight excluding hydrogens is 333 g/mol. The second-order valence-electron chi connectivity index (χ2n) is 4.06. The predicted octanol–water partition coefficient (Wildman–Crippen LogP) is 2.10. The van der Waals surface area contributed by atoms with Crippen molar-refractivity contribution in [3.63, 3.8) is 0 Å². The molecule has 0 atom stereocenters. The van der Waals surface area contributed by atoms with E-state index in [9.17, 15) is 22.8 Å². The van der Waals surface area contributed by atoms with Gasteiger partial charge in [0.25, 0.3) is 0 Å². The molecule has 128 valence electrons.